The standard InChI is InChI=1S/C26H22FNO4/c1-32-21-9-5-8-19(16-21)24(29)22-23(18-10-12-20(27)13-11-18)28(26(31)25(22)30)15-14-17-6-3-2-4-7-17/h2-13,16,23,29H,14-15H2,1H3/b24-22+. The molecule has 32 heavy (non-hydrogen) atoms. The zero-order chi connectivity index (χ0) is 22.7. The maximum atomic E-state index is 13.6. The second kappa shape index (κ2) is 9.06. The van der Waals surface area contributed by atoms with Gasteiger partial charge in [-0.2, -0.15) is 0 Å². The molecule has 1 saturated heterocycles. The van der Waals surface area contributed by atoms with Gasteiger partial charge in [-0.3, -0.25) is 9.59 Å². The third kappa shape index (κ3) is 4.12. The molecule has 1 heterocycles. The SMILES string of the molecule is COc1cccc(/C(O)=C2\C(=O)C(=O)N(CCc3ccccc3)C2c2ccc(F)cc2)c1. The molecule has 1 atom stereocenters. The van der Waals surface area contributed by atoms with Crippen LogP contribution < -0.4 is 4.74 Å². The number of ketones is 1. The molecule has 4 rings (SSSR count). The molecule has 3 aromatic rings. The highest BCUT2D eigenvalue weighted by Gasteiger charge is 2.45. The van der Waals surface area contributed by atoms with Gasteiger partial charge in [0.1, 0.15) is 17.3 Å². The molecule has 162 valence electrons. The van der Waals surface area contributed by atoms with Crippen LogP contribution in [0.5, 0.6) is 5.75 Å². The second-order valence-electron chi connectivity index (χ2n) is 7.51. The van der Waals surface area contributed by atoms with Gasteiger partial charge >= 0.3 is 0 Å². The van der Waals surface area contributed by atoms with Gasteiger partial charge < -0.3 is 14.7 Å². The molecule has 3 aromatic carbocycles. The van der Waals surface area contributed by atoms with Gasteiger partial charge in [0, 0.05) is 12.1 Å². The number of carbonyl (C=O) groups is 2. The molecule has 0 aromatic heterocycles. The van der Waals surface area contributed by atoms with Crippen molar-refractivity contribution in [2.24, 2.45) is 0 Å². The second-order valence-corrected chi connectivity index (χ2v) is 7.51. The lowest BCUT2D eigenvalue weighted by molar-refractivity contribution is -0.139. The molecule has 1 aliphatic heterocycles. The van der Waals surface area contributed by atoms with E-state index in [-0.39, 0.29) is 17.9 Å². The fraction of sp³-hybridized carbons (Fsp3) is 0.154. The van der Waals surface area contributed by atoms with Crippen molar-refractivity contribution in [2.45, 2.75) is 12.5 Å². The van der Waals surface area contributed by atoms with Gasteiger partial charge in [-0.05, 0) is 41.8 Å². The Labute approximate surface area is 185 Å². The van der Waals surface area contributed by atoms with E-state index >= 15 is 0 Å². The van der Waals surface area contributed by atoms with E-state index in [0.29, 0.717) is 23.3 Å². The summed E-state index contributed by atoms with van der Waals surface area (Å²) in [6.07, 6.45) is 0.532. The monoisotopic (exact) mass is 431 g/mol. The average molecular weight is 431 g/mol. The summed E-state index contributed by atoms with van der Waals surface area (Å²) in [6.45, 7) is 0.269. The van der Waals surface area contributed by atoms with Crippen LogP contribution in [-0.4, -0.2) is 35.4 Å². The van der Waals surface area contributed by atoms with E-state index in [9.17, 15) is 19.1 Å². The minimum absolute atomic E-state index is 0.0251. The van der Waals surface area contributed by atoms with Gasteiger partial charge in [-0.15, -0.1) is 0 Å². The fourth-order valence-electron chi connectivity index (χ4n) is 3.92. The summed E-state index contributed by atoms with van der Waals surface area (Å²) >= 11 is 0. The number of halogens is 1. The van der Waals surface area contributed by atoms with E-state index in [4.69, 9.17) is 4.74 Å². The zero-order valence-electron chi connectivity index (χ0n) is 17.5. The fourth-order valence-corrected chi connectivity index (χ4v) is 3.92. The first-order valence-corrected chi connectivity index (χ1v) is 10.2. The van der Waals surface area contributed by atoms with E-state index in [1.165, 1.54) is 36.3 Å². The van der Waals surface area contributed by atoms with Crippen molar-refractivity contribution in [3.05, 3.63) is 107 Å². The summed E-state index contributed by atoms with van der Waals surface area (Å²) in [7, 11) is 1.50. The van der Waals surface area contributed by atoms with Gasteiger partial charge in [0.25, 0.3) is 11.7 Å². The molecule has 6 heteroatoms. The van der Waals surface area contributed by atoms with E-state index in [1.54, 1.807) is 24.3 Å². The minimum atomic E-state index is -0.828. The van der Waals surface area contributed by atoms with Gasteiger partial charge in [-0.25, -0.2) is 4.39 Å². The molecule has 1 N–H and O–H groups in total. The lowest BCUT2D eigenvalue weighted by Gasteiger charge is -2.25. The highest BCUT2D eigenvalue weighted by atomic mass is 19.1. The van der Waals surface area contributed by atoms with E-state index in [2.05, 4.69) is 0 Å². The smallest absolute Gasteiger partial charge is 0.295 e. The third-order valence-electron chi connectivity index (χ3n) is 5.55. The number of rotatable bonds is 6. The average Bonchev–Trinajstić information content (AvgIpc) is 3.08. The van der Waals surface area contributed by atoms with Crippen LogP contribution in [0.4, 0.5) is 4.39 Å². The minimum Gasteiger partial charge on any atom is -0.507 e. The number of aliphatic hydroxyl groups is 1. The molecule has 1 amide bonds. The van der Waals surface area contributed by atoms with Gasteiger partial charge in [0.05, 0.1) is 18.7 Å². The van der Waals surface area contributed by atoms with Crippen molar-refractivity contribution in [1.29, 1.82) is 0 Å². The number of nitrogens with zero attached hydrogens (tertiary/aromatic N) is 1. The first-order chi connectivity index (χ1) is 15.5. The molecular weight excluding hydrogens is 409 g/mol. The van der Waals surface area contributed by atoms with Crippen molar-refractivity contribution < 1.29 is 23.8 Å². The first-order valence-electron chi connectivity index (χ1n) is 10.2. The van der Waals surface area contributed by atoms with Crippen LogP contribution in [0.1, 0.15) is 22.7 Å². The summed E-state index contributed by atoms with van der Waals surface area (Å²) in [6, 6.07) is 21.0. The van der Waals surface area contributed by atoms with Crippen LogP contribution in [0.3, 0.4) is 0 Å². The molecule has 0 spiro atoms. The van der Waals surface area contributed by atoms with Crippen molar-refractivity contribution in [3.8, 4) is 5.75 Å². The van der Waals surface area contributed by atoms with E-state index < -0.39 is 23.5 Å². The first kappa shape index (κ1) is 21.3. The van der Waals surface area contributed by atoms with Crippen LogP contribution in [0, 0.1) is 5.82 Å². The number of methoxy groups -OCH3 is 1. The highest BCUT2D eigenvalue weighted by molar-refractivity contribution is 6.46. The molecule has 0 aliphatic carbocycles. The van der Waals surface area contributed by atoms with Crippen molar-refractivity contribution in [3.63, 3.8) is 0 Å². The number of Topliss-reactive ketones (excluding diaryl/α,β-unsaturated/α-hetero) is 1. The normalized spacial score (nSPS) is 17.6. The summed E-state index contributed by atoms with van der Waals surface area (Å²) in [5.74, 6) is -1.68. The predicted octanol–water partition coefficient (Wildman–Crippen LogP) is 4.50. The molecule has 1 unspecified atom stereocenters. The number of hydrogen-bond donors (Lipinski definition) is 1. The lowest BCUT2D eigenvalue weighted by Crippen LogP contribution is -2.31. The molecule has 1 aliphatic rings. The van der Waals surface area contributed by atoms with Crippen LogP contribution in [0.2, 0.25) is 0 Å². The Balaban J connectivity index is 1.79. The Morgan fingerprint density at radius 2 is 1.72 bits per heavy atom. The summed E-state index contributed by atoms with van der Waals surface area (Å²) < 4.78 is 18.8. The number of carbonyl (C=O) groups excluding carboxylic acids is 2. The molecule has 1 fully saturated rings. The maximum Gasteiger partial charge on any atom is 0.295 e. The van der Waals surface area contributed by atoms with E-state index in [0.717, 1.165) is 5.56 Å². The quantitative estimate of drug-likeness (QED) is 0.355. The van der Waals surface area contributed by atoms with Crippen LogP contribution >= 0.6 is 0 Å². The van der Waals surface area contributed by atoms with E-state index in [1.807, 2.05) is 30.3 Å². The van der Waals surface area contributed by atoms with Crippen molar-refractivity contribution in [2.75, 3.05) is 13.7 Å². The van der Waals surface area contributed by atoms with Gasteiger partial charge in [-0.1, -0.05) is 54.6 Å². The molecular formula is C26H22FNO4. The number of ether oxygens (including phenoxy) is 1. The Kier molecular flexibility index (Phi) is 6.03. The Bertz CT molecular complexity index is 1170. The largest absolute Gasteiger partial charge is 0.507 e. The summed E-state index contributed by atoms with van der Waals surface area (Å²) in [5, 5.41) is 11.1. The molecule has 5 nitrogen and oxygen atoms in total. The number of likely N-dealkylation sites (tertiary alicyclic amines) is 1. The Hall–Kier alpha value is -3.93. The predicted molar refractivity (Wildman–Crippen MR) is 119 cm³/mol. The number of hydrogen-bond acceptors (Lipinski definition) is 4. The maximum absolute atomic E-state index is 13.6. The van der Waals surface area contributed by atoms with Crippen molar-refractivity contribution in [1.82, 2.24) is 4.90 Å². The van der Waals surface area contributed by atoms with Crippen LogP contribution in [0.15, 0.2) is 84.4 Å². The highest BCUT2D eigenvalue weighted by Crippen LogP contribution is 2.39. The topological polar surface area (TPSA) is 66.8 Å². The summed E-state index contributed by atoms with van der Waals surface area (Å²) in [4.78, 5) is 27.5. The molecule has 0 radical (unpaired) electrons. The van der Waals surface area contributed by atoms with Crippen molar-refractivity contribution >= 4 is 17.4 Å². The number of amides is 1. The molecule has 0 bridgehead atoms. The number of benzene rings is 3. The third-order valence-corrected chi connectivity index (χ3v) is 5.55. The Morgan fingerprint density at radius 1 is 1.00 bits per heavy atom. The van der Waals surface area contributed by atoms with Crippen LogP contribution in [0.25, 0.3) is 5.76 Å². The van der Waals surface area contributed by atoms with Crippen LogP contribution in [-0.2, 0) is 16.0 Å². The zero-order valence-corrected chi connectivity index (χ0v) is 17.5. The van der Waals surface area contributed by atoms with Gasteiger partial charge in [0.2, 0.25) is 0 Å². The Morgan fingerprint density at radius 3 is 2.41 bits per heavy atom. The lowest BCUT2D eigenvalue weighted by atomic mass is 9.95. The summed E-state index contributed by atoms with van der Waals surface area (Å²) in [5.41, 5.74) is 1.89. The van der Waals surface area contributed by atoms with Gasteiger partial charge in [0.15, 0.2) is 0 Å². The number of aliphatic hydroxyl groups excluding tert-OH is 1. The molecule has 0 saturated carbocycles.